The maximum Gasteiger partial charge on any atom is 0.391 e. The highest BCUT2D eigenvalue weighted by Gasteiger charge is 2.42. The van der Waals surface area contributed by atoms with Crippen molar-refractivity contribution in [2.75, 3.05) is 24.8 Å². The molecule has 1 saturated carbocycles. The Balaban J connectivity index is 2.51. The van der Waals surface area contributed by atoms with E-state index in [0.29, 0.717) is 37.7 Å². The van der Waals surface area contributed by atoms with E-state index in [9.17, 15) is 18.0 Å². The molecular weight excluding hydrogens is 302 g/mol. The molecule has 1 amide bonds. The van der Waals surface area contributed by atoms with E-state index in [4.69, 9.17) is 23.2 Å². The van der Waals surface area contributed by atoms with Crippen LogP contribution in [0.25, 0.3) is 0 Å². The molecule has 0 aromatic carbocycles. The van der Waals surface area contributed by atoms with Gasteiger partial charge in [0.2, 0.25) is 5.91 Å². The third kappa shape index (κ3) is 5.03. The topological polar surface area (TPSA) is 20.3 Å². The summed E-state index contributed by atoms with van der Waals surface area (Å²) in [5.41, 5.74) is 0. The van der Waals surface area contributed by atoms with Gasteiger partial charge in [-0.05, 0) is 25.7 Å². The van der Waals surface area contributed by atoms with Crippen molar-refractivity contribution in [3.63, 3.8) is 0 Å². The minimum atomic E-state index is -4.14. The number of hydrogen-bond donors (Lipinski definition) is 0. The quantitative estimate of drug-likeness (QED) is 0.708. The molecule has 7 heteroatoms. The second-order valence-corrected chi connectivity index (χ2v) is 5.55. The SMILES string of the molecule is O=C(C1CCC(C(F)(F)F)CC1)N(CCCl)CCCl. The molecule has 0 spiro atoms. The van der Waals surface area contributed by atoms with Crippen LogP contribution in [0.15, 0.2) is 0 Å². The Hall–Kier alpha value is -0.160. The minimum Gasteiger partial charge on any atom is -0.340 e. The fourth-order valence-corrected chi connectivity index (χ4v) is 2.87. The molecule has 1 rings (SSSR count). The Morgan fingerprint density at radius 2 is 1.53 bits per heavy atom. The van der Waals surface area contributed by atoms with Gasteiger partial charge in [0.25, 0.3) is 0 Å². The van der Waals surface area contributed by atoms with Crippen LogP contribution in [0.4, 0.5) is 13.2 Å². The van der Waals surface area contributed by atoms with E-state index in [2.05, 4.69) is 0 Å². The lowest BCUT2D eigenvalue weighted by atomic mass is 9.81. The van der Waals surface area contributed by atoms with Gasteiger partial charge in [-0.1, -0.05) is 0 Å². The molecule has 0 saturated heterocycles. The lowest BCUT2D eigenvalue weighted by Crippen LogP contribution is -2.41. The van der Waals surface area contributed by atoms with E-state index in [0.717, 1.165) is 0 Å². The summed E-state index contributed by atoms with van der Waals surface area (Å²) in [6.07, 6.45) is -3.47. The molecule has 19 heavy (non-hydrogen) atoms. The predicted octanol–water partition coefficient (Wildman–Crippen LogP) is 3.66. The van der Waals surface area contributed by atoms with Crippen LogP contribution in [0.3, 0.4) is 0 Å². The molecule has 1 aliphatic carbocycles. The summed E-state index contributed by atoms with van der Waals surface area (Å²) in [7, 11) is 0. The van der Waals surface area contributed by atoms with Crippen LogP contribution in [0, 0.1) is 11.8 Å². The summed E-state index contributed by atoms with van der Waals surface area (Å²) in [4.78, 5) is 13.7. The van der Waals surface area contributed by atoms with E-state index in [1.54, 1.807) is 4.90 Å². The second kappa shape index (κ2) is 7.58. The zero-order valence-electron chi connectivity index (χ0n) is 10.6. The van der Waals surface area contributed by atoms with Crippen LogP contribution >= 0.6 is 23.2 Å². The van der Waals surface area contributed by atoms with Gasteiger partial charge in [-0.15, -0.1) is 23.2 Å². The third-order valence-corrected chi connectivity index (χ3v) is 3.90. The van der Waals surface area contributed by atoms with Crippen LogP contribution < -0.4 is 0 Å². The van der Waals surface area contributed by atoms with Crippen molar-refractivity contribution < 1.29 is 18.0 Å². The van der Waals surface area contributed by atoms with Gasteiger partial charge in [0, 0.05) is 30.8 Å². The first-order chi connectivity index (χ1) is 8.90. The Morgan fingerprint density at radius 1 is 1.05 bits per heavy atom. The smallest absolute Gasteiger partial charge is 0.340 e. The molecule has 0 atom stereocenters. The lowest BCUT2D eigenvalue weighted by molar-refractivity contribution is -0.185. The normalized spacial score (nSPS) is 24.3. The molecule has 0 aromatic rings. The van der Waals surface area contributed by atoms with E-state index >= 15 is 0 Å². The zero-order valence-corrected chi connectivity index (χ0v) is 12.1. The van der Waals surface area contributed by atoms with Crippen molar-refractivity contribution in [3.05, 3.63) is 0 Å². The predicted molar refractivity (Wildman–Crippen MR) is 69.5 cm³/mol. The second-order valence-electron chi connectivity index (χ2n) is 4.79. The standard InChI is InChI=1S/C12H18Cl2F3NO/c13-5-7-18(8-6-14)11(19)9-1-3-10(4-2-9)12(15,16)17/h9-10H,1-8H2. The number of carbonyl (C=O) groups is 1. The highest BCUT2D eigenvalue weighted by Crippen LogP contribution is 2.39. The van der Waals surface area contributed by atoms with Gasteiger partial charge in [-0.2, -0.15) is 13.2 Å². The summed E-state index contributed by atoms with van der Waals surface area (Å²) >= 11 is 11.2. The molecule has 0 heterocycles. The summed E-state index contributed by atoms with van der Waals surface area (Å²) in [6.45, 7) is 0.790. The molecule has 0 N–H and O–H groups in total. The first-order valence-corrected chi connectivity index (χ1v) is 7.44. The van der Waals surface area contributed by atoms with Gasteiger partial charge in [0.1, 0.15) is 0 Å². The van der Waals surface area contributed by atoms with Crippen LogP contribution in [0.1, 0.15) is 25.7 Å². The van der Waals surface area contributed by atoms with Crippen molar-refractivity contribution in [1.82, 2.24) is 4.90 Å². The van der Waals surface area contributed by atoms with Crippen molar-refractivity contribution >= 4 is 29.1 Å². The summed E-state index contributed by atoms with van der Waals surface area (Å²) in [6, 6.07) is 0. The Bertz CT molecular complexity index is 285. The van der Waals surface area contributed by atoms with E-state index in [1.165, 1.54) is 0 Å². The maximum absolute atomic E-state index is 12.5. The van der Waals surface area contributed by atoms with Crippen LogP contribution in [-0.2, 0) is 4.79 Å². The largest absolute Gasteiger partial charge is 0.391 e. The number of carbonyl (C=O) groups excluding carboxylic acids is 1. The Labute approximate surface area is 121 Å². The molecule has 0 aromatic heterocycles. The fraction of sp³-hybridized carbons (Fsp3) is 0.917. The molecule has 2 nitrogen and oxygen atoms in total. The highest BCUT2D eigenvalue weighted by atomic mass is 35.5. The van der Waals surface area contributed by atoms with Crippen molar-refractivity contribution in [3.8, 4) is 0 Å². The molecule has 1 aliphatic rings. The van der Waals surface area contributed by atoms with Gasteiger partial charge < -0.3 is 4.90 Å². The van der Waals surface area contributed by atoms with Gasteiger partial charge >= 0.3 is 6.18 Å². The highest BCUT2D eigenvalue weighted by molar-refractivity contribution is 6.18. The monoisotopic (exact) mass is 319 g/mol. The lowest BCUT2D eigenvalue weighted by Gasteiger charge is -2.32. The van der Waals surface area contributed by atoms with Gasteiger partial charge in [0.15, 0.2) is 0 Å². The van der Waals surface area contributed by atoms with Crippen molar-refractivity contribution in [2.45, 2.75) is 31.9 Å². The Kier molecular flexibility index (Phi) is 6.74. The van der Waals surface area contributed by atoms with E-state index in [-0.39, 0.29) is 24.7 Å². The number of alkyl halides is 5. The van der Waals surface area contributed by atoms with Crippen LogP contribution in [0.5, 0.6) is 0 Å². The number of amides is 1. The molecular formula is C12H18Cl2F3NO. The van der Waals surface area contributed by atoms with Gasteiger partial charge in [0.05, 0.1) is 5.92 Å². The molecule has 1 fully saturated rings. The number of nitrogens with zero attached hydrogens (tertiary/aromatic N) is 1. The zero-order chi connectivity index (χ0) is 14.5. The maximum atomic E-state index is 12.5. The van der Waals surface area contributed by atoms with Crippen LogP contribution in [-0.4, -0.2) is 41.8 Å². The first kappa shape index (κ1) is 16.9. The van der Waals surface area contributed by atoms with Crippen molar-refractivity contribution in [2.24, 2.45) is 11.8 Å². The molecule has 0 radical (unpaired) electrons. The number of hydrogen-bond acceptors (Lipinski definition) is 1. The molecule has 0 bridgehead atoms. The summed E-state index contributed by atoms with van der Waals surface area (Å²) in [5.74, 6) is -1.07. The third-order valence-electron chi connectivity index (χ3n) is 3.56. The number of rotatable bonds is 5. The van der Waals surface area contributed by atoms with Gasteiger partial charge in [-0.25, -0.2) is 0 Å². The van der Waals surface area contributed by atoms with E-state index in [1.807, 2.05) is 0 Å². The number of halogens is 5. The average molecular weight is 320 g/mol. The summed E-state index contributed by atoms with van der Waals surface area (Å²) < 4.78 is 37.6. The summed E-state index contributed by atoms with van der Waals surface area (Å²) in [5, 5.41) is 0. The minimum absolute atomic E-state index is 0.0372. The van der Waals surface area contributed by atoms with Gasteiger partial charge in [-0.3, -0.25) is 4.79 Å². The molecule has 0 unspecified atom stereocenters. The first-order valence-electron chi connectivity index (χ1n) is 6.37. The fourth-order valence-electron chi connectivity index (χ4n) is 2.46. The average Bonchev–Trinajstić information content (AvgIpc) is 2.37. The van der Waals surface area contributed by atoms with Crippen molar-refractivity contribution in [1.29, 1.82) is 0 Å². The molecule has 0 aliphatic heterocycles. The molecule has 112 valence electrons. The van der Waals surface area contributed by atoms with E-state index < -0.39 is 12.1 Å². The van der Waals surface area contributed by atoms with Crippen LogP contribution in [0.2, 0.25) is 0 Å². The Morgan fingerprint density at radius 3 is 1.89 bits per heavy atom.